The van der Waals surface area contributed by atoms with Crippen molar-refractivity contribution in [2.45, 2.75) is 120 Å². The van der Waals surface area contributed by atoms with E-state index in [1.807, 2.05) is 0 Å². The summed E-state index contributed by atoms with van der Waals surface area (Å²) in [6, 6.07) is -0.763. The molecule has 76 heavy (non-hydrogen) atoms. The minimum atomic E-state index is -4.74. The fraction of sp³-hybridized carbons (Fsp3) is 0.643. The van der Waals surface area contributed by atoms with Gasteiger partial charge in [0.1, 0.15) is 48.5 Å². The highest BCUT2D eigenvalue weighted by atomic mass is 31.2. The number of hydrogen-bond acceptors (Lipinski definition) is 22. The van der Waals surface area contributed by atoms with E-state index in [-0.39, 0.29) is 61.4 Å². The van der Waals surface area contributed by atoms with E-state index in [1.54, 1.807) is 24.9 Å². The monoisotopic (exact) mass is 1140 g/mol. The molecule has 2 saturated heterocycles. The van der Waals surface area contributed by atoms with Gasteiger partial charge in [0.2, 0.25) is 0 Å². The number of hydrogen-bond donors (Lipinski definition) is 13. The summed E-state index contributed by atoms with van der Waals surface area (Å²) < 4.78 is 70.4. The Morgan fingerprint density at radius 3 is 1.88 bits per heavy atom. The first-order valence-electron chi connectivity index (χ1n) is 23.8. The van der Waals surface area contributed by atoms with Gasteiger partial charge in [-0.05, 0) is 39.5 Å². The molecule has 6 heterocycles. The number of anilines is 1. The van der Waals surface area contributed by atoms with Crippen LogP contribution in [0.25, 0.3) is 11.2 Å². The predicted molar refractivity (Wildman–Crippen MR) is 260 cm³/mol. The molecule has 0 radical (unpaired) electrons. The van der Waals surface area contributed by atoms with Crippen LogP contribution in [0, 0.1) is 11.8 Å². The first-order chi connectivity index (χ1) is 35.6. The van der Waals surface area contributed by atoms with Crippen LogP contribution in [0.1, 0.15) is 59.1 Å². The molecule has 4 fully saturated rings. The minimum Gasteiger partial charge on any atom is -0.390 e. The number of aliphatic hydroxyl groups excluding tert-OH is 4. The van der Waals surface area contributed by atoms with Gasteiger partial charge in [-0.15, -0.1) is 0 Å². The van der Waals surface area contributed by atoms with Crippen molar-refractivity contribution in [1.29, 1.82) is 0 Å². The molecule has 426 valence electrons. The Morgan fingerprint density at radius 2 is 1.29 bits per heavy atom. The number of phosphoric acid groups is 3. The van der Waals surface area contributed by atoms with Gasteiger partial charge >= 0.3 is 23.5 Å². The lowest BCUT2D eigenvalue weighted by Crippen LogP contribution is -2.45. The number of amides is 2. The van der Waals surface area contributed by atoms with Crippen molar-refractivity contribution in [2.75, 3.05) is 44.9 Å². The lowest BCUT2D eigenvalue weighted by molar-refractivity contribution is -0.162. The smallest absolute Gasteiger partial charge is 0.390 e. The maximum absolute atomic E-state index is 11.4. The number of aromatic nitrogens is 4. The Kier molecular flexibility index (Phi) is 20.7. The molecular formula is C42H66N9O22P3. The molecule has 6 aliphatic rings. The third-order valence-electron chi connectivity index (χ3n) is 12.7. The number of aliphatic hydroxyl groups is 4. The van der Waals surface area contributed by atoms with E-state index >= 15 is 0 Å². The van der Waals surface area contributed by atoms with Crippen LogP contribution < -0.4 is 16.0 Å². The summed E-state index contributed by atoms with van der Waals surface area (Å²) in [4.78, 5) is 91.4. The highest BCUT2D eigenvalue weighted by Gasteiger charge is 2.56. The molecule has 4 aliphatic heterocycles. The van der Waals surface area contributed by atoms with E-state index in [0.29, 0.717) is 42.4 Å². The fourth-order valence-corrected chi connectivity index (χ4v) is 10.3. The van der Waals surface area contributed by atoms with Crippen molar-refractivity contribution in [2.24, 2.45) is 11.8 Å². The van der Waals surface area contributed by atoms with E-state index in [2.05, 4.69) is 64.6 Å². The van der Waals surface area contributed by atoms with Gasteiger partial charge in [-0.2, -0.15) is 0 Å². The van der Waals surface area contributed by atoms with Gasteiger partial charge in [-0.25, -0.2) is 28.6 Å². The number of carbonyl (C=O) groups excluding carboxylic acids is 2. The molecule has 2 aromatic heterocycles. The molecule has 13 N–H and O–H groups in total. The molecular weight excluding hydrogens is 1080 g/mol. The molecule has 8 rings (SSSR count). The number of carbonyl (C=O) groups is 2. The van der Waals surface area contributed by atoms with Crippen LogP contribution in [0.2, 0.25) is 0 Å². The summed E-state index contributed by atoms with van der Waals surface area (Å²) in [5, 5.41) is 48.8. The van der Waals surface area contributed by atoms with Crippen LogP contribution in [0.3, 0.4) is 0 Å². The molecule has 5 unspecified atom stereocenters. The SMILES string of the molecule is C=C1NC(=O)C=CN1[C@@H]1CC(COP(=O)(O)O)[C@@H](O)C1O.C=C1NC(=O)C=CN1[C@@H]1CC(COP(=O)(O)O)[C@H]2OC(C)(C)OC21.CCCCOCCCNc1ncnc2c1ncn2[C@@H]1OC(COP(=O)(O)O)[C@@H](O)[C@H]1O. The van der Waals surface area contributed by atoms with Gasteiger partial charge in [0.05, 0.1) is 50.4 Å². The number of phosphoric ester groups is 3. The second-order valence-electron chi connectivity index (χ2n) is 18.7. The highest BCUT2D eigenvalue weighted by molar-refractivity contribution is 7.46. The van der Waals surface area contributed by atoms with Crippen LogP contribution >= 0.6 is 23.5 Å². The molecule has 0 bridgehead atoms. The van der Waals surface area contributed by atoms with Crippen LogP contribution in [-0.2, 0) is 55.8 Å². The lowest BCUT2D eigenvalue weighted by atomic mass is 10.1. The summed E-state index contributed by atoms with van der Waals surface area (Å²) in [5.74, 6) is -1.11. The minimum absolute atomic E-state index is 0.141. The van der Waals surface area contributed by atoms with E-state index in [4.69, 9.17) is 48.3 Å². The van der Waals surface area contributed by atoms with Crippen LogP contribution in [0.15, 0.2) is 62.0 Å². The Bertz CT molecular complexity index is 2580. The first-order valence-corrected chi connectivity index (χ1v) is 28.4. The maximum atomic E-state index is 11.4. The molecule has 31 nitrogen and oxygen atoms in total. The molecule has 2 aromatic rings. The zero-order valence-electron chi connectivity index (χ0n) is 41.5. The summed E-state index contributed by atoms with van der Waals surface area (Å²) >= 11 is 0. The number of imidazole rings is 1. The summed E-state index contributed by atoms with van der Waals surface area (Å²) in [5.41, 5.74) is 0.819. The van der Waals surface area contributed by atoms with Gasteiger partial charge in [0, 0.05) is 56.1 Å². The summed E-state index contributed by atoms with van der Waals surface area (Å²) in [7, 11) is -13.9. The lowest BCUT2D eigenvalue weighted by Gasteiger charge is -2.34. The number of nitrogens with zero attached hydrogens (tertiary/aromatic N) is 6. The first kappa shape index (κ1) is 61.1. The van der Waals surface area contributed by atoms with Gasteiger partial charge in [-0.1, -0.05) is 26.5 Å². The largest absolute Gasteiger partial charge is 0.469 e. The van der Waals surface area contributed by atoms with Crippen LogP contribution in [-0.4, -0.2) is 191 Å². The van der Waals surface area contributed by atoms with E-state index < -0.39 is 84.6 Å². The average molecular weight is 1140 g/mol. The van der Waals surface area contributed by atoms with Crippen molar-refractivity contribution in [3.63, 3.8) is 0 Å². The number of nitrogens with one attached hydrogen (secondary N) is 3. The second-order valence-corrected chi connectivity index (χ2v) is 22.4. The molecule has 2 aliphatic carbocycles. The zero-order valence-corrected chi connectivity index (χ0v) is 44.2. The number of fused-ring (bicyclic) bond motifs is 2. The Hall–Kier alpha value is -4.14. The molecule has 0 aromatic carbocycles. The van der Waals surface area contributed by atoms with Crippen LogP contribution in [0.5, 0.6) is 0 Å². The predicted octanol–water partition coefficient (Wildman–Crippen LogP) is -0.783. The number of ether oxygens (including phenoxy) is 4. The third-order valence-corrected chi connectivity index (χ3v) is 14.1. The summed E-state index contributed by atoms with van der Waals surface area (Å²) in [6.07, 6.45) is 4.05. The Morgan fingerprint density at radius 1 is 0.737 bits per heavy atom. The standard InChI is InChI=1S/C17H28N5O8P.C14H21N2O7P.C11H17N2O7P/c1-2-3-6-28-7-4-5-18-15-12-16(20-9-19-15)22(10-21-12)17-14(24)13(23)11(30-17)8-29-31(25,26)27;1-8-15-11(17)4-5-16(8)10-6-9(7-21-24(18,19)20)12-13(10)23-14(2,3)22-12;1-6-12-9(14)2-3-13(6)8-4-7(10(15)11(8)16)5-20-21(17,18)19/h9-11,13-14,17,23-24H,2-8H2,1H3,(H,18,19,20)(H2,25,26,27);4-5,9-10,12-13H,1,6-7H2,2-3H3,(H,15,17)(H2,18,19,20);2-3,7-8,10-11,15-16H,1,4-5H2,(H,12,14)(H2,17,18,19)/t11?,13-,14-,17-;9?,10-,12-,13?;7?,8-,10-,11?/m111/s1. The van der Waals surface area contributed by atoms with Crippen molar-refractivity contribution in [3.8, 4) is 0 Å². The topological polar surface area (TPSA) is 438 Å². The van der Waals surface area contributed by atoms with Crippen molar-refractivity contribution in [3.05, 3.63) is 62.0 Å². The highest BCUT2D eigenvalue weighted by Crippen LogP contribution is 2.47. The summed E-state index contributed by atoms with van der Waals surface area (Å²) in [6.45, 7) is 14.1. The van der Waals surface area contributed by atoms with E-state index in [1.165, 1.54) is 40.5 Å². The van der Waals surface area contributed by atoms with Gasteiger partial charge in [0.25, 0.3) is 11.8 Å². The molecule has 2 amide bonds. The molecule has 0 spiro atoms. The Labute approximate surface area is 435 Å². The third kappa shape index (κ3) is 16.5. The van der Waals surface area contributed by atoms with E-state index in [9.17, 15) is 43.7 Å². The second kappa shape index (κ2) is 25.8. The van der Waals surface area contributed by atoms with Gasteiger partial charge in [0.15, 0.2) is 29.0 Å². The Balaban J connectivity index is 0.000000189. The van der Waals surface area contributed by atoms with Crippen molar-refractivity contribution < 1.29 is 106 Å². The van der Waals surface area contributed by atoms with Crippen molar-refractivity contribution in [1.82, 2.24) is 40.0 Å². The zero-order chi connectivity index (χ0) is 55.9. The van der Waals surface area contributed by atoms with E-state index in [0.717, 1.165) is 25.9 Å². The molecule has 12 atom stereocenters. The number of unbranched alkanes of at least 4 members (excludes halogenated alkanes) is 1. The fourth-order valence-electron chi connectivity index (χ4n) is 9.18. The van der Waals surface area contributed by atoms with Gasteiger partial charge < -0.3 is 94.5 Å². The van der Waals surface area contributed by atoms with Gasteiger partial charge in [-0.3, -0.25) is 27.7 Å². The van der Waals surface area contributed by atoms with Crippen LogP contribution in [0.4, 0.5) is 5.82 Å². The molecule has 34 heteroatoms. The number of rotatable bonds is 20. The normalized spacial score (nSPS) is 30.2. The van der Waals surface area contributed by atoms with Crippen molar-refractivity contribution >= 4 is 52.3 Å². The quantitative estimate of drug-likeness (QED) is 0.0571. The molecule has 2 saturated carbocycles. The average Bonchev–Trinajstić information content (AvgIpc) is 4.12. The maximum Gasteiger partial charge on any atom is 0.469 e.